The van der Waals surface area contributed by atoms with Gasteiger partial charge in [0, 0.05) is 11.1 Å². The second-order valence-electron chi connectivity index (χ2n) is 5.02. The molecule has 0 aliphatic carbocycles. The Labute approximate surface area is 134 Å². The normalized spacial score (nSPS) is 11.7. The number of esters is 1. The van der Waals surface area contributed by atoms with Crippen LogP contribution >= 0.6 is 11.6 Å². The van der Waals surface area contributed by atoms with Crippen molar-refractivity contribution >= 4 is 29.5 Å². The number of rotatable bonds is 5. The van der Waals surface area contributed by atoms with E-state index in [4.69, 9.17) is 16.3 Å². The van der Waals surface area contributed by atoms with E-state index in [2.05, 4.69) is 10.6 Å². The minimum Gasteiger partial charge on any atom is -0.452 e. The summed E-state index contributed by atoms with van der Waals surface area (Å²) in [7, 11) is 0. The first-order chi connectivity index (χ1) is 10.3. The highest BCUT2D eigenvalue weighted by Gasteiger charge is 2.20. The molecular formula is C15H19ClN2O4. The molecule has 0 bridgehead atoms. The summed E-state index contributed by atoms with van der Waals surface area (Å²) in [4.78, 5) is 34.9. The van der Waals surface area contributed by atoms with E-state index in [1.807, 2.05) is 0 Å². The van der Waals surface area contributed by atoms with Crippen molar-refractivity contribution in [2.24, 2.45) is 0 Å². The van der Waals surface area contributed by atoms with Crippen molar-refractivity contribution in [2.75, 3.05) is 0 Å². The minimum atomic E-state index is -1.08. The first-order valence-corrected chi connectivity index (χ1v) is 7.21. The third kappa shape index (κ3) is 6.13. The van der Waals surface area contributed by atoms with Crippen molar-refractivity contribution in [1.29, 1.82) is 0 Å². The van der Waals surface area contributed by atoms with Gasteiger partial charge in [0.25, 0.3) is 5.91 Å². The highest BCUT2D eigenvalue weighted by Crippen LogP contribution is 2.16. The van der Waals surface area contributed by atoms with E-state index >= 15 is 0 Å². The third-order valence-corrected chi connectivity index (χ3v) is 3.00. The number of halogens is 1. The fourth-order valence-electron chi connectivity index (χ4n) is 1.60. The molecule has 0 aliphatic rings. The van der Waals surface area contributed by atoms with E-state index in [1.165, 1.54) is 6.92 Å². The summed E-state index contributed by atoms with van der Waals surface area (Å²) in [6.07, 6.45) is -1.12. The second-order valence-corrected chi connectivity index (χ2v) is 5.42. The average molecular weight is 327 g/mol. The summed E-state index contributed by atoms with van der Waals surface area (Å²) in [5, 5.41) is 5.05. The molecule has 0 unspecified atom stereocenters. The number of amides is 3. The van der Waals surface area contributed by atoms with Crippen molar-refractivity contribution in [3.8, 4) is 0 Å². The van der Waals surface area contributed by atoms with Crippen LogP contribution in [0.25, 0.3) is 0 Å². The summed E-state index contributed by atoms with van der Waals surface area (Å²) >= 11 is 5.94. The smallest absolute Gasteiger partial charge is 0.321 e. The fourth-order valence-corrected chi connectivity index (χ4v) is 1.80. The number of carbonyl (C=O) groups excluding carboxylic acids is 3. The SMILES string of the molecule is CC(C)NC(=O)NC(=O)[C@H](C)OC(=O)Cc1ccccc1Cl. The number of benzene rings is 1. The number of nitrogens with one attached hydrogen (secondary N) is 2. The zero-order chi connectivity index (χ0) is 16.7. The van der Waals surface area contributed by atoms with Crippen LogP contribution in [0.2, 0.25) is 5.02 Å². The number of imide groups is 1. The molecule has 0 radical (unpaired) electrons. The Morgan fingerprint density at radius 1 is 1.18 bits per heavy atom. The average Bonchev–Trinajstić information content (AvgIpc) is 2.40. The molecule has 6 nitrogen and oxygen atoms in total. The Kier molecular flexibility index (Phi) is 6.85. The molecule has 0 aromatic heterocycles. The maximum Gasteiger partial charge on any atom is 0.321 e. The molecule has 0 heterocycles. The number of urea groups is 1. The van der Waals surface area contributed by atoms with E-state index in [0.29, 0.717) is 10.6 Å². The lowest BCUT2D eigenvalue weighted by molar-refractivity contribution is -0.153. The molecule has 0 saturated carbocycles. The van der Waals surface area contributed by atoms with E-state index in [9.17, 15) is 14.4 Å². The minimum absolute atomic E-state index is 0.0461. The Morgan fingerprint density at radius 2 is 1.82 bits per heavy atom. The number of hydrogen-bond donors (Lipinski definition) is 2. The maximum absolute atomic E-state index is 11.8. The fraction of sp³-hybridized carbons (Fsp3) is 0.400. The van der Waals surface area contributed by atoms with Crippen LogP contribution < -0.4 is 10.6 Å². The summed E-state index contributed by atoms with van der Waals surface area (Å²) < 4.78 is 4.99. The number of hydrogen-bond acceptors (Lipinski definition) is 4. The van der Waals surface area contributed by atoms with Crippen LogP contribution in [0, 0.1) is 0 Å². The molecule has 1 aromatic carbocycles. The lowest BCUT2D eigenvalue weighted by atomic mass is 10.1. The maximum atomic E-state index is 11.8. The van der Waals surface area contributed by atoms with Gasteiger partial charge in [0.05, 0.1) is 6.42 Å². The monoisotopic (exact) mass is 326 g/mol. The molecule has 1 rings (SSSR count). The van der Waals surface area contributed by atoms with Crippen LogP contribution in [0.3, 0.4) is 0 Å². The van der Waals surface area contributed by atoms with Crippen LogP contribution in [-0.2, 0) is 20.7 Å². The Morgan fingerprint density at radius 3 is 2.41 bits per heavy atom. The molecule has 0 fully saturated rings. The van der Waals surface area contributed by atoms with E-state index in [1.54, 1.807) is 38.1 Å². The topological polar surface area (TPSA) is 84.5 Å². The van der Waals surface area contributed by atoms with E-state index < -0.39 is 24.0 Å². The Hall–Kier alpha value is -2.08. The molecule has 0 spiro atoms. The van der Waals surface area contributed by atoms with Crippen molar-refractivity contribution in [3.05, 3.63) is 34.9 Å². The van der Waals surface area contributed by atoms with Crippen LogP contribution in [0.15, 0.2) is 24.3 Å². The van der Waals surface area contributed by atoms with E-state index in [-0.39, 0.29) is 12.5 Å². The Bertz CT molecular complexity index is 560. The quantitative estimate of drug-likeness (QED) is 0.811. The molecule has 7 heteroatoms. The summed E-state index contributed by atoms with van der Waals surface area (Å²) in [6, 6.07) is 6.13. The zero-order valence-electron chi connectivity index (χ0n) is 12.7. The molecule has 22 heavy (non-hydrogen) atoms. The van der Waals surface area contributed by atoms with Gasteiger partial charge in [-0.05, 0) is 32.4 Å². The first-order valence-electron chi connectivity index (χ1n) is 6.84. The van der Waals surface area contributed by atoms with Crippen LogP contribution in [0.1, 0.15) is 26.3 Å². The second kappa shape index (κ2) is 8.38. The highest BCUT2D eigenvalue weighted by atomic mass is 35.5. The predicted molar refractivity (Wildman–Crippen MR) is 82.5 cm³/mol. The van der Waals surface area contributed by atoms with E-state index in [0.717, 1.165) is 0 Å². The molecule has 1 atom stereocenters. The molecule has 120 valence electrons. The third-order valence-electron chi connectivity index (χ3n) is 2.63. The zero-order valence-corrected chi connectivity index (χ0v) is 13.4. The summed E-state index contributed by atoms with van der Waals surface area (Å²) in [5.74, 6) is -1.29. The van der Waals surface area contributed by atoms with Gasteiger partial charge in [-0.3, -0.25) is 14.9 Å². The van der Waals surface area contributed by atoms with Crippen LogP contribution in [0.5, 0.6) is 0 Å². The number of ether oxygens (including phenoxy) is 1. The molecule has 0 saturated heterocycles. The van der Waals surface area contributed by atoms with Crippen molar-refractivity contribution < 1.29 is 19.1 Å². The Balaban J connectivity index is 2.48. The van der Waals surface area contributed by atoms with Gasteiger partial charge >= 0.3 is 12.0 Å². The molecule has 2 N–H and O–H groups in total. The van der Waals surface area contributed by atoms with Gasteiger partial charge < -0.3 is 10.1 Å². The van der Waals surface area contributed by atoms with Crippen LogP contribution in [-0.4, -0.2) is 30.1 Å². The highest BCUT2D eigenvalue weighted by molar-refractivity contribution is 6.31. The molecule has 0 aliphatic heterocycles. The van der Waals surface area contributed by atoms with Gasteiger partial charge in [-0.25, -0.2) is 4.79 Å². The molecule has 3 amide bonds. The van der Waals surface area contributed by atoms with Crippen LogP contribution in [0.4, 0.5) is 4.79 Å². The van der Waals surface area contributed by atoms with Gasteiger partial charge in [0.15, 0.2) is 6.10 Å². The van der Waals surface area contributed by atoms with Crippen molar-refractivity contribution in [1.82, 2.24) is 10.6 Å². The predicted octanol–water partition coefficient (Wildman–Crippen LogP) is 2.05. The molecule has 1 aromatic rings. The van der Waals surface area contributed by atoms with Gasteiger partial charge in [-0.1, -0.05) is 29.8 Å². The van der Waals surface area contributed by atoms with Crippen molar-refractivity contribution in [3.63, 3.8) is 0 Å². The first kappa shape index (κ1) is 18.0. The molecular weight excluding hydrogens is 308 g/mol. The number of carbonyl (C=O) groups is 3. The largest absolute Gasteiger partial charge is 0.452 e. The standard InChI is InChI=1S/C15H19ClN2O4/c1-9(2)17-15(21)18-14(20)10(3)22-13(19)8-11-6-4-5-7-12(11)16/h4-7,9-10H,8H2,1-3H3,(H2,17,18,20,21)/t10-/m0/s1. The van der Waals surface area contributed by atoms with Gasteiger partial charge in [-0.2, -0.15) is 0 Å². The lowest BCUT2D eigenvalue weighted by Crippen LogP contribution is -2.46. The van der Waals surface area contributed by atoms with Crippen molar-refractivity contribution in [2.45, 2.75) is 39.3 Å². The van der Waals surface area contributed by atoms with Gasteiger partial charge in [0.1, 0.15) is 0 Å². The summed E-state index contributed by atoms with van der Waals surface area (Å²) in [5.41, 5.74) is 0.610. The summed E-state index contributed by atoms with van der Waals surface area (Å²) in [6.45, 7) is 4.91. The van der Waals surface area contributed by atoms with Gasteiger partial charge in [-0.15, -0.1) is 0 Å². The van der Waals surface area contributed by atoms with Gasteiger partial charge in [0.2, 0.25) is 0 Å². The lowest BCUT2D eigenvalue weighted by Gasteiger charge is -2.14.